The molecule has 0 aliphatic rings. The van der Waals surface area contributed by atoms with Gasteiger partial charge in [0.15, 0.2) is 0 Å². The summed E-state index contributed by atoms with van der Waals surface area (Å²) in [5.41, 5.74) is 2.25. The normalized spacial score (nSPS) is 12.3. The quantitative estimate of drug-likeness (QED) is 0.282. The minimum atomic E-state index is -0.176. The van der Waals surface area contributed by atoms with Gasteiger partial charge in [0, 0.05) is 69.0 Å². The second-order valence-electron chi connectivity index (χ2n) is 10.5. The van der Waals surface area contributed by atoms with Crippen molar-refractivity contribution in [1.29, 1.82) is 0 Å². The van der Waals surface area contributed by atoms with Gasteiger partial charge in [-0.25, -0.2) is 18.8 Å². The summed E-state index contributed by atoms with van der Waals surface area (Å²) in [5.74, 6) is -0.155. The first kappa shape index (κ1) is 25.1. The van der Waals surface area contributed by atoms with E-state index >= 15 is 0 Å². The topological polar surface area (TPSA) is 127 Å². The number of fused-ring (bicyclic) bond motifs is 8. The predicted octanol–water partition coefficient (Wildman–Crippen LogP) is 3.82. The van der Waals surface area contributed by atoms with Gasteiger partial charge in [-0.1, -0.05) is 0 Å². The number of thiophene rings is 2. The SMILES string of the molecule is CC(=O)NCCc1cc2nc3c4ccc5c6c(ccc(c(=O)n3c2s1)c46)c(=O)n1c5nc2cc(CCNC(C)=O)sc21. The third-order valence-electron chi connectivity index (χ3n) is 7.77. The highest BCUT2D eigenvalue weighted by atomic mass is 32.1. The molecule has 0 saturated heterocycles. The van der Waals surface area contributed by atoms with Crippen LogP contribution >= 0.6 is 22.7 Å². The molecule has 0 fully saturated rings. The van der Waals surface area contributed by atoms with Crippen LogP contribution in [0.3, 0.4) is 0 Å². The van der Waals surface area contributed by atoms with E-state index in [0.717, 1.165) is 52.0 Å². The van der Waals surface area contributed by atoms with Crippen LogP contribution < -0.4 is 21.8 Å². The zero-order chi connectivity index (χ0) is 28.9. The Morgan fingerprint density at radius 1 is 0.690 bits per heavy atom. The Morgan fingerprint density at radius 2 is 1.10 bits per heavy atom. The summed E-state index contributed by atoms with van der Waals surface area (Å²) >= 11 is 3.01. The number of hydrogen-bond acceptors (Lipinski definition) is 8. The van der Waals surface area contributed by atoms with Gasteiger partial charge in [-0.3, -0.25) is 19.2 Å². The van der Waals surface area contributed by atoms with Crippen molar-refractivity contribution in [2.75, 3.05) is 13.1 Å². The highest BCUT2D eigenvalue weighted by Crippen LogP contribution is 2.38. The minimum Gasteiger partial charge on any atom is -0.356 e. The van der Waals surface area contributed by atoms with Crippen LogP contribution in [0.2, 0.25) is 0 Å². The van der Waals surface area contributed by atoms with E-state index in [0.29, 0.717) is 48.0 Å². The molecule has 6 heterocycles. The first-order valence-electron chi connectivity index (χ1n) is 13.5. The van der Waals surface area contributed by atoms with E-state index in [1.54, 1.807) is 20.9 Å². The van der Waals surface area contributed by atoms with Crippen LogP contribution in [0.5, 0.6) is 0 Å². The third-order valence-corrected chi connectivity index (χ3v) is 10.1. The summed E-state index contributed by atoms with van der Waals surface area (Å²) in [6.45, 7) is 4.02. The molecule has 0 spiro atoms. The fourth-order valence-electron chi connectivity index (χ4n) is 6.02. The smallest absolute Gasteiger partial charge is 0.265 e. The molecule has 42 heavy (non-hydrogen) atoms. The first-order chi connectivity index (χ1) is 20.3. The maximum Gasteiger partial charge on any atom is 0.265 e. The fourth-order valence-corrected chi connectivity index (χ4v) is 8.20. The van der Waals surface area contributed by atoms with Crippen molar-refractivity contribution < 1.29 is 9.59 Å². The molecule has 0 aliphatic carbocycles. The maximum atomic E-state index is 13.9. The lowest BCUT2D eigenvalue weighted by Crippen LogP contribution is -2.22. The molecule has 8 rings (SSSR count). The molecule has 0 aliphatic heterocycles. The zero-order valence-corrected chi connectivity index (χ0v) is 24.2. The molecule has 0 atom stereocenters. The van der Waals surface area contributed by atoms with Crippen molar-refractivity contribution in [3.05, 3.63) is 66.9 Å². The van der Waals surface area contributed by atoms with Crippen LogP contribution in [-0.4, -0.2) is 43.7 Å². The van der Waals surface area contributed by atoms with Crippen molar-refractivity contribution in [2.24, 2.45) is 0 Å². The number of nitrogens with one attached hydrogen (secondary N) is 2. The number of nitrogens with zero attached hydrogens (tertiary/aromatic N) is 4. The average Bonchev–Trinajstić information content (AvgIpc) is 3.69. The Kier molecular flexibility index (Phi) is 5.32. The largest absolute Gasteiger partial charge is 0.356 e. The van der Waals surface area contributed by atoms with Gasteiger partial charge in [0.05, 0.1) is 0 Å². The minimum absolute atomic E-state index is 0.0774. The number of rotatable bonds is 6. The molecule has 2 amide bonds. The third kappa shape index (κ3) is 3.48. The maximum absolute atomic E-state index is 13.9. The predicted molar refractivity (Wildman–Crippen MR) is 167 cm³/mol. The summed E-state index contributed by atoms with van der Waals surface area (Å²) in [6.07, 6.45) is 1.32. The number of hydrogen-bond donors (Lipinski definition) is 2. The second kappa shape index (κ2) is 8.91. The van der Waals surface area contributed by atoms with Crippen LogP contribution in [0.4, 0.5) is 0 Å². The summed E-state index contributed by atoms with van der Waals surface area (Å²) in [7, 11) is 0. The van der Waals surface area contributed by atoms with Crippen molar-refractivity contribution in [2.45, 2.75) is 26.7 Å². The molecule has 0 saturated carbocycles. The number of amides is 2. The molecule has 2 aromatic carbocycles. The summed E-state index contributed by atoms with van der Waals surface area (Å²) in [5, 5.41) is 9.75. The molecule has 2 N–H and O–H groups in total. The molecular weight excluding hydrogens is 573 g/mol. The molecule has 8 aromatic rings. The lowest BCUT2D eigenvalue weighted by atomic mass is 9.96. The lowest BCUT2D eigenvalue weighted by Gasteiger charge is -2.11. The Bertz CT molecular complexity index is 2360. The van der Waals surface area contributed by atoms with E-state index in [2.05, 4.69) is 10.6 Å². The standard InChI is InChI=1S/C30H22N6O4S2/c1-13(37)31-9-7-15-11-21-29(41-15)35-25(33-21)17-3-4-18-24-20(6-5-19(23(17)24)27(35)39)28(40)36-26(18)34-22-12-16(42-30(22)36)8-10-32-14(2)38/h3-6,11-12H,7-10H2,1-2H3,(H,31,37)(H,32,38). The van der Waals surface area contributed by atoms with Gasteiger partial charge >= 0.3 is 0 Å². The highest BCUT2D eigenvalue weighted by molar-refractivity contribution is 7.19. The van der Waals surface area contributed by atoms with Gasteiger partial charge in [0.1, 0.15) is 32.0 Å². The van der Waals surface area contributed by atoms with Gasteiger partial charge in [-0.2, -0.15) is 0 Å². The Labute approximate surface area is 243 Å². The molecule has 0 radical (unpaired) electrons. The van der Waals surface area contributed by atoms with E-state index in [-0.39, 0.29) is 22.9 Å². The highest BCUT2D eigenvalue weighted by Gasteiger charge is 2.23. The molecule has 6 aromatic heterocycles. The van der Waals surface area contributed by atoms with Gasteiger partial charge in [-0.05, 0) is 49.2 Å². The van der Waals surface area contributed by atoms with Crippen molar-refractivity contribution in [3.8, 4) is 0 Å². The summed E-state index contributed by atoms with van der Waals surface area (Å²) < 4.78 is 3.34. The number of aromatic nitrogens is 4. The van der Waals surface area contributed by atoms with Crippen molar-refractivity contribution >= 4 is 98.8 Å². The number of benzene rings is 2. The Balaban J connectivity index is 1.34. The molecule has 208 valence electrons. The van der Waals surface area contributed by atoms with E-state index in [1.165, 1.54) is 36.5 Å². The van der Waals surface area contributed by atoms with E-state index in [9.17, 15) is 19.2 Å². The van der Waals surface area contributed by atoms with Gasteiger partial charge in [0.2, 0.25) is 11.8 Å². The molecule has 0 unspecified atom stereocenters. The van der Waals surface area contributed by atoms with Gasteiger partial charge in [0.25, 0.3) is 11.1 Å². The fraction of sp³-hybridized carbons (Fsp3) is 0.200. The number of carbonyl (C=O) groups is 2. The van der Waals surface area contributed by atoms with E-state index in [1.807, 2.05) is 24.3 Å². The summed E-state index contributed by atoms with van der Waals surface area (Å²) in [6, 6.07) is 11.4. The van der Waals surface area contributed by atoms with Crippen LogP contribution in [0.15, 0.2) is 46.0 Å². The van der Waals surface area contributed by atoms with Crippen LogP contribution in [0.1, 0.15) is 23.6 Å². The zero-order valence-electron chi connectivity index (χ0n) is 22.5. The monoisotopic (exact) mass is 594 g/mol. The van der Waals surface area contributed by atoms with Crippen LogP contribution in [0, 0.1) is 0 Å². The molecular formula is C30H22N6O4S2. The number of pyridine rings is 2. The first-order valence-corrected chi connectivity index (χ1v) is 15.1. The summed E-state index contributed by atoms with van der Waals surface area (Å²) in [4.78, 5) is 63.7. The lowest BCUT2D eigenvalue weighted by molar-refractivity contribution is -0.119. The van der Waals surface area contributed by atoms with Crippen molar-refractivity contribution in [3.63, 3.8) is 0 Å². The van der Waals surface area contributed by atoms with Crippen LogP contribution in [-0.2, 0) is 22.4 Å². The van der Waals surface area contributed by atoms with Gasteiger partial charge in [-0.15, -0.1) is 22.7 Å². The van der Waals surface area contributed by atoms with Gasteiger partial charge < -0.3 is 10.6 Å². The van der Waals surface area contributed by atoms with Crippen molar-refractivity contribution in [1.82, 2.24) is 29.4 Å². The van der Waals surface area contributed by atoms with Crippen LogP contribution in [0.25, 0.3) is 64.3 Å². The Morgan fingerprint density at radius 3 is 1.50 bits per heavy atom. The Hall–Kier alpha value is -4.68. The molecule has 0 bridgehead atoms. The molecule has 10 nitrogen and oxygen atoms in total. The number of imidazole rings is 2. The average molecular weight is 595 g/mol. The van der Waals surface area contributed by atoms with E-state index in [4.69, 9.17) is 9.97 Å². The number of carbonyl (C=O) groups excluding carboxylic acids is 2. The molecule has 12 heteroatoms. The van der Waals surface area contributed by atoms with E-state index < -0.39 is 0 Å². The second-order valence-corrected chi connectivity index (χ2v) is 12.7.